The molecular weight excluding hydrogens is 324 g/mol. The molecule has 5 nitrogen and oxygen atoms in total. The number of aromatic amines is 1. The van der Waals surface area contributed by atoms with Gasteiger partial charge in [0, 0.05) is 53.7 Å². The van der Waals surface area contributed by atoms with E-state index in [4.69, 9.17) is 11.6 Å². The van der Waals surface area contributed by atoms with Gasteiger partial charge in [-0.05, 0) is 24.3 Å². The van der Waals surface area contributed by atoms with E-state index >= 15 is 0 Å². The van der Waals surface area contributed by atoms with Crippen molar-refractivity contribution in [2.75, 3.05) is 0 Å². The standard InChI is InChI=1S/C18H11ClN4O/c19-15-10-21-6-3-12(15)13-8-14-16(24)4-7-22-18(14)23-17(13)11-2-1-5-20-9-11/h1-10H,(H,22,23,24). The second-order valence-electron chi connectivity index (χ2n) is 5.22. The molecule has 0 aliphatic rings. The van der Waals surface area contributed by atoms with Crippen molar-refractivity contribution in [2.24, 2.45) is 0 Å². The molecule has 6 heteroatoms. The number of nitrogens with zero attached hydrogens (tertiary/aromatic N) is 3. The largest absolute Gasteiger partial charge is 0.346 e. The second kappa shape index (κ2) is 5.86. The van der Waals surface area contributed by atoms with E-state index in [1.165, 1.54) is 6.07 Å². The van der Waals surface area contributed by atoms with Crippen molar-refractivity contribution in [3.8, 4) is 22.4 Å². The predicted molar refractivity (Wildman–Crippen MR) is 93.8 cm³/mol. The number of hydrogen-bond donors (Lipinski definition) is 1. The van der Waals surface area contributed by atoms with Crippen LogP contribution in [0.2, 0.25) is 5.02 Å². The molecule has 0 aliphatic heterocycles. The number of H-pyrrole nitrogens is 1. The van der Waals surface area contributed by atoms with Crippen LogP contribution in [0.4, 0.5) is 0 Å². The fourth-order valence-corrected chi connectivity index (χ4v) is 2.84. The van der Waals surface area contributed by atoms with Gasteiger partial charge >= 0.3 is 0 Å². The van der Waals surface area contributed by atoms with Crippen LogP contribution < -0.4 is 5.43 Å². The van der Waals surface area contributed by atoms with Crippen LogP contribution in [0.25, 0.3) is 33.4 Å². The Balaban J connectivity index is 2.11. The van der Waals surface area contributed by atoms with Crippen LogP contribution >= 0.6 is 11.6 Å². The summed E-state index contributed by atoms with van der Waals surface area (Å²) >= 11 is 6.32. The molecule has 0 saturated carbocycles. The Hall–Kier alpha value is -3.05. The molecule has 0 radical (unpaired) electrons. The van der Waals surface area contributed by atoms with Gasteiger partial charge in [-0.15, -0.1) is 0 Å². The summed E-state index contributed by atoms with van der Waals surface area (Å²) < 4.78 is 0. The van der Waals surface area contributed by atoms with Crippen molar-refractivity contribution >= 4 is 22.6 Å². The number of fused-ring (bicyclic) bond motifs is 1. The fourth-order valence-electron chi connectivity index (χ4n) is 2.62. The first-order valence-corrected chi connectivity index (χ1v) is 7.64. The predicted octanol–water partition coefficient (Wildman–Crippen LogP) is 3.70. The SMILES string of the molecule is O=c1cc[nH]c2nc(-c3cccnc3)c(-c3ccncc3Cl)cc12. The molecule has 0 atom stereocenters. The van der Waals surface area contributed by atoms with Gasteiger partial charge in [0.1, 0.15) is 5.65 Å². The van der Waals surface area contributed by atoms with Gasteiger partial charge in [-0.25, -0.2) is 4.98 Å². The maximum absolute atomic E-state index is 12.2. The van der Waals surface area contributed by atoms with E-state index in [1.54, 1.807) is 31.0 Å². The zero-order chi connectivity index (χ0) is 16.5. The van der Waals surface area contributed by atoms with Gasteiger partial charge in [-0.1, -0.05) is 11.6 Å². The Morgan fingerprint density at radius 3 is 2.67 bits per heavy atom. The molecule has 0 spiro atoms. The molecule has 4 rings (SSSR count). The second-order valence-corrected chi connectivity index (χ2v) is 5.63. The van der Waals surface area contributed by atoms with E-state index < -0.39 is 0 Å². The van der Waals surface area contributed by atoms with E-state index in [-0.39, 0.29) is 5.43 Å². The molecule has 0 aromatic carbocycles. The zero-order valence-electron chi connectivity index (χ0n) is 12.4. The lowest BCUT2D eigenvalue weighted by atomic mass is 9.99. The number of nitrogens with one attached hydrogen (secondary N) is 1. The van der Waals surface area contributed by atoms with Crippen LogP contribution in [-0.4, -0.2) is 19.9 Å². The average Bonchev–Trinajstić information content (AvgIpc) is 2.62. The Morgan fingerprint density at radius 1 is 1.00 bits per heavy atom. The normalized spacial score (nSPS) is 10.9. The molecule has 0 amide bonds. The highest BCUT2D eigenvalue weighted by Gasteiger charge is 2.15. The Bertz CT molecular complexity index is 1090. The first kappa shape index (κ1) is 14.5. The van der Waals surface area contributed by atoms with Gasteiger partial charge < -0.3 is 4.98 Å². The summed E-state index contributed by atoms with van der Waals surface area (Å²) in [5, 5.41) is 1.00. The molecular formula is C18H11ClN4O. The maximum atomic E-state index is 12.2. The molecule has 0 saturated heterocycles. The third kappa shape index (κ3) is 2.45. The first-order valence-electron chi connectivity index (χ1n) is 7.27. The van der Waals surface area contributed by atoms with Gasteiger partial charge in [0.2, 0.25) is 0 Å². The molecule has 4 aromatic rings. The van der Waals surface area contributed by atoms with Crippen LogP contribution in [-0.2, 0) is 0 Å². The fraction of sp³-hybridized carbons (Fsp3) is 0. The molecule has 0 bridgehead atoms. The highest BCUT2D eigenvalue weighted by atomic mass is 35.5. The van der Waals surface area contributed by atoms with Crippen molar-refractivity contribution in [1.82, 2.24) is 19.9 Å². The van der Waals surface area contributed by atoms with E-state index in [2.05, 4.69) is 19.9 Å². The third-order valence-electron chi connectivity index (χ3n) is 3.74. The summed E-state index contributed by atoms with van der Waals surface area (Å²) in [4.78, 5) is 28.0. The molecule has 4 heterocycles. The van der Waals surface area contributed by atoms with E-state index in [0.29, 0.717) is 21.7 Å². The van der Waals surface area contributed by atoms with Crippen molar-refractivity contribution < 1.29 is 0 Å². The zero-order valence-corrected chi connectivity index (χ0v) is 13.2. The average molecular weight is 335 g/mol. The number of halogens is 1. The number of rotatable bonds is 2. The Labute approximate surface area is 142 Å². The van der Waals surface area contributed by atoms with Crippen molar-refractivity contribution in [1.29, 1.82) is 0 Å². The monoisotopic (exact) mass is 334 g/mol. The summed E-state index contributed by atoms with van der Waals surface area (Å²) in [6.07, 6.45) is 8.25. The van der Waals surface area contributed by atoms with E-state index in [9.17, 15) is 4.79 Å². The van der Waals surface area contributed by atoms with Gasteiger partial charge in [-0.3, -0.25) is 14.8 Å². The molecule has 116 valence electrons. The van der Waals surface area contributed by atoms with E-state index in [1.807, 2.05) is 24.3 Å². The lowest BCUT2D eigenvalue weighted by Crippen LogP contribution is -2.03. The first-order chi connectivity index (χ1) is 11.7. The van der Waals surface area contributed by atoms with Crippen LogP contribution in [0.3, 0.4) is 0 Å². The lowest BCUT2D eigenvalue weighted by Gasteiger charge is -2.11. The van der Waals surface area contributed by atoms with Gasteiger partial charge in [0.05, 0.1) is 16.1 Å². The summed E-state index contributed by atoms with van der Waals surface area (Å²) in [6, 6.07) is 8.85. The third-order valence-corrected chi connectivity index (χ3v) is 4.04. The molecule has 0 fully saturated rings. The van der Waals surface area contributed by atoms with Gasteiger partial charge in [-0.2, -0.15) is 0 Å². The number of aromatic nitrogens is 4. The smallest absolute Gasteiger partial charge is 0.191 e. The summed E-state index contributed by atoms with van der Waals surface area (Å²) in [7, 11) is 0. The van der Waals surface area contributed by atoms with Crippen molar-refractivity contribution in [2.45, 2.75) is 0 Å². The van der Waals surface area contributed by atoms with Gasteiger partial charge in [0.15, 0.2) is 5.43 Å². The molecule has 4 aromatic heterocycles. The topological polar surface area (TPSA) is 71.5 Å². The highest BCUT2D eigenvalue weighted by Crippen LogP contribution is 2.35. The van der Waals surface area contributed by atoms with Crippen molar-refractivity contribution in [3.05, 3.63) is 76.6 Å². The minimum absolute atomic E-state index is 0.0968. The summed E-state index contributed by atoms with van der Waals surface area (Å²) in [5.41, 5.74) is 3.50. The van der Waals surface area contributed by atoms with E-state index in [0.717, 1.165) is 16.7 Å². The maximum Gasteiger partial charge on any atom is 0.191 e. The molecule has 1 N–H and O–H groups in total. The van der Waals surface area contributed by atoms with Gasteiger partial charge in [0.25, 0.3) is 0 Å². The number of hydrogen-bond acceptors (Lipinski definition) is 4. The summed E-state index contributed by atoms with van der Waals surface area (Å²) in [6.45, 7) is 0. The lowest BCUT2D eigenvalue weighted by molar-refractivity contribution is 1.25. The number of pyridine rings is 4. The Kier molecular flexibility index (Phi) is 3.55. The Morgan fingerprint density at radius 2 is 1.88 bits per heavy atom. The van der Waals surface area contributed by atoms with Crippen LogP contribution in [0.1, 0.15) is 0 Å². The molecule has 0 unspecified atom stereocenters. The van der Waals surface area contributed by atoms with Crippen LogP contribution in [0.15, 0.2) is 66.1 Å². The molecule has 0 aliphatic carbocycles. The quantitative estimate of drug-likeness (QED) is 0.606. The van der Waals surface area contributed by atoms with Crippen LogP contribution in [0.5, 0.6) is 0 Å². The minimum atomic E-state index is -0.0968. The summed E-state index contributed by atoms with van der Waals surface area (Å²) in [5.74, 6) is 0. The van der Waals surface area contributed by atoms with Crippen LogP contribution in [0, 0.1) is 0 Å². The molecule has 24 heavy (non-hydrogen) atoms. The minimum Gasteiger partial charge on any atom is -0.346 e. The highest BCUT2D eigenvalue weighted by molar-refractivity contribution is 6.33. The van der Waals surface area contributed by atoms with Crippen molar-refractivity contribution in [3.63, 3.8) is 0 Å².